The van der Waals surface area contributed by atoms with Gasteiger partial charge in [-0.1, -0.05) is 36.8 Å². The zero-order valence-corrected chi connectivity index (χ0v) is 7.08. The highest BCUT2D eigenvalue weighted by molar-refractivity contribution is 5.71. The summed E-state index contributed by atoms with van der Waals surface area (Å²) in [5.74, 6) is -0.756. The first kappa shape index (κ1) is 8.78. The summed E-state index contributed by atoms with van der Waals surface area (Å²) in [6, 6.07) is 0. The second-order valence-corrected chi connectivity index (χ2v) is 2.70. The molecule has 0 fully saturated rings. The number of hydrogen-bond acceptors (Lipinski definition) is 1. The van der Waals surface area contributed by atoms with Crippen LogP contribution in [0, 0.1) is 0 Å². The smallest absolute Gasteiger partial charge is 0.307 e. The molecule has 0 bridgehead atoms. The van der Waals surface area contributed by atoms with Gasteiger partial charge in [0.2, 0.25) is 0 Å². The fourth-order valence-corrected chi connectivity index (χ4v) is 1.22. The van der Waals surface area contributed by atoms with Crippen LogP contribution in [0.2, 0.25) is 0 Å². The van der Waals surface area contributed by atoms with E-state index in [2.05, 4.69) is 0 Å². The Morgan fingerprint density at radius 2 is 2.00 bits per heavy atom. The SMILES string of the molecule is CCC(CC(=O)O)=C1C=CC=C1. The third-order valence-electron chi connectivity index (χ3n) is 1.86. The molecular weight excluding hydrogens is 152 g/mol. The van der Waals surface area contributed by atoms with Crippen LogP contribution < -0.4 is 0 Å². The van der Waals surface area contributed by atoms with E-state index in [1.807, 2.05) is 31.2 Å². The fourth-order valence-electron chi connectivity index (χ4n) is 1.22. The van der Waals surface area contributed by atoms with Crippen molar-refractivity contribution in [2.24, 2.45) is 0 Å². The highest BCUT2D eigenvalue weighted by Crippen LogP contribution is 2.18. The average molecular weight is 164 g/mol. The average Bonchev–Trinajstić information content (AvgIpc) is 2.51. The quantitative estimate of drug-likeness (QED) is 0.694. The molecule has 64 valence electrons. The molecule has 1 aliphatic carbocycles. The van der Waals surface area contributed by atoms with Crippen LogP contribution in [0.1, 0.15) is 19.8 Å². The molecule has 0 aromatic heterocycles. The third-order valence-corrected chi connectivity index (χ3v) is 1.86. The van der Waals surface area contributed by atoms with Crippen LogP contribution in [0.25, 0.3) is 0 Å². The number of hydrogen-bond donors (Lipinski definition) is 1. The van der Waals surface area contributed by atoms with Crippen LogP contribution in [0.15, 0.2) is 35.5 Å². The van der Waals surface area contributed by atoms with Crippen molar-refractivity contribution in [3.05, 3.63) is 35.5 Å². The summed E-state index contributed by atoms with van der Waals surface area (Å²) in [7, 11) is 0. The summed E-state index contributed by atoms with van der Waals surface area (Å²) < 4.78 is 0. The van der Waals surface area contributed by atoms with Crippen LogP contribution in [0.4, 0.5) is 0 Å². The lowest BCUT2D eigenvalue weighted by Gasteiger charge is -2.02. The van der Waals surface area contributed by atoms with Gasteiger partial charge in [0.25, 0.3) is 0 Å². The maximum Gasteiger partial charge on any atom is 0.307 e. The van der Waals surface area contributed by atoms with Crippen molar-refractivity contribution in [3.63, 3.8) is 0 Å². The van der Waals surface area contributed by atoms with E-state index >= 15 is 0 Å². The zero-order valence-electron chi connectivity index (χ0n) is 7.08. The summed E-state index contributed by atoms with van der Waals surface area (Å²) in [6.45, 7) is 1.98. The largest absolute Gasteiger partial charge is 0.481 e. The van der Waals surface area contributed by atoms with Crippen molar-refractivity contribution >= 4 is 5.97 Å². The van der Waals surface area contributed by atoms with Gasteiger partial charge < -0.3 is 5.11 Å². The molecular formula is C10H12O2. The van der Waals surface area contributed by atoms with Gasteiger partial charge in [-0.3, -0.25) is 4.79 Å². The lowest BCUT2D eigenvalue weighted by Crippen LogP contribution is -1.98. The molecule has 1 aliphatic rings. The molecule has 0 aromatic rings. The highest BCUT2D eigenvalue weighted by atomic mass is 16.4. The maximum atomic E-state index is 10.4. The van der Waals surface area contributed by atoms with Crippen molar-refractivity contribution in [2.45, 2.75) is 19.8 Å². The normalized spacial score (nSPS) is 13.9. The van der Waals surface area contributed by atoms with E-state index in [0.717, 1.165) is 17.6 Å². The van der Waals surface area contributed by atoms with Crippen LogP contribution in [0.3, 0.4) is 0 Å². The Hall–Kier alpha value is -1.31. The van der Waals surface area contributed by atoms with E-state index in [-0.39, 0.29) is 6.42 Å². The van der Waals surface area contributed by atoms with Gasteiger partial charge in [-0.15, -0.1) is 0 Å². The summed E-state index contributed by atoms with van der Waals surface area (Å²) in [5.41, 5.74) is 2.05. The van der Waals surface area contributed by atoms with E-state index in [1.54, 1.807) is 0 Å². The lowest BCUT2D eigenvalue weighted by molar-refractivity contribution is -0.136. The monoisotopic (exact) mass is 164 g/mol. The number of allylic oxidation sites excluding steroid dienone is 5. The molecule has 1 rings (SSSR count). The second kappa shape index (κ2) is 3.90. The Balaban J connectivity index is 2.79. The van der Waals surface area contributed by atoms with Gasteiger partial charge in [0.15, 0.2) is 0 Å². The van der Waals surface area contributed by atoms with Crippen molar-refractivity contribution in [2.75, 3.05) is 0 Å². The summed E-state index contributed by atoms with van der Waals surface area (Å²) in [5, 5.41) is 8.59. The molecule has 0 aliphatic heterocycles. The van der Waals surface area contributed by atoms with Crippen molar-refractivity contribution in [1.29, 1.82) is 0 Å². The molecule has 0 saturated heterocycles. The lowest BCUT2D eigenvalue weighted by atomic mass is 10.0. The van der Waals surface area contributed by atoms with E-state index < -0.39 is 5.97 Å². The molecule has 0 spiro atoms. The van der Waals surface area contributed by atoms with E-state index in [0.29, 0.717) is 0 Å². The Morgan fingerprint density at radius 3 is 2.42 bits per heavy atom. The fraction of sp³-hybridized carbons (Fsp3) is 0.300. The number of carboxylic acids is 1. The Bertz CT molecular complexity index is 256. The van der Waals surface area contributed by atoms with Gasteiger partial charge in [-0.05, 0) is 12.0 Å². The molecule has 1 N–H and O–H groups in total. The van der Waals surface area contributed by atoms with E-state index in [4.69, 9.17) is 5.11 Å². The summed E-state index contributed by atoms with van der Waals surface area (Å²) in [6.07, 6.45) is 8.69. The molecule has 0 aromatic carbocycles. The minimum atomic E-state index is -0.756. The standard InChI is InChI=1S/C10H12O2/c1-2-8(7-10(11)12)9-5-3-4-6-9/h3-6H,2,7H2,1H3,(H,11,12). The molecule has 0 amide bonds. The summed E-state index contributed by atoms with van der Waals surface area (Å²) in [4.78, 5) is 10.4. The number of carboxylic acid groups (broad SMARTS) is 1. The first-order valence-electron chi connectivity index (χ1n) is 4.02. The molecule has 0 radical (unpaired) electrons. The zero-order chi connectivity index (χ0) is 8.97. The van der Waals surface area contributed by atoms with Gasteiger partial charge in [-0.2, -0.15) is 0 Å². The van der Waals surface area contributed by atoms with Gasteiger partial charge in [0, 0.05) is 0 Å². The van der Waals surface area contributed by atoms with Gasteiger partial charge in [0.1, 0.15) is 0 Å². The van der Waals surface area contributed by atoms with Gasteiger partial charge in [-0.25, -0.2) is 0 Å². The minimum absolute atomic E-state index is 0.153. The van der Waals surface area contributed by atoms with E-state index in [1.165, 1.54) is 0 Å². The van der Waals surface area contributed by atoms with Gasteiger partial charge >= 0.3 is 5.97 Å². The molecule has 2 nitrogen and oxygen atoms in total. The molecule has 0 saturated carbocycles. The number of carbonyl (C=O) groups is 1. The Labute approximate surface area is 71.9 Å². The van der Waals surface area contributed by atoms with E-state index in [9.17, 15) is 4.79 Å². The predicted molar refractivity (Wildman–Crippen MR) is 47.8 cm³/mol. The van der Waals surface area contributed by atoms with Crippen LogP contribution in [-0.4, -0.2) is 11.1 Å². The highest BCUT2D eigenvalue weighted by Gasteiger charge is 2.06. The van der Waals surface area contributed by atoms with Crippen LogP contribution in [-0.2, 0) is 4.79 Å². The summed E-state index contributed by atoms with van der Waals surface area (Å²) >= 11 is 0. The second-order valence-electron chi connectivity index (χ2n) is 2.70. The molecule has 0 heterocycles. The minimum Gasteiger partial charge on any atom is -0.481 e. The molecule has 0 atom stereocenters. The Morgan fingerprint density at radius 1 is 1.42 bits per heavy atom. The van der Waals surface area contributed by atoms with Crippen molar-refractivity contribution < 1.29 is 9.90 Å². The third kappa shape index (κ3) is 2.09. The van der Waals surface area contributed by atoms with Crippen molar-refractivity contribution in [3.8, 4) is 0 Å². The topological polar surface area (TPSA) is 37.3 Å². The van der Waals surface area contributed by atoms with Crippen LogP contribution in [0.5, 0.6) is 0 Å². The maximum absolute atomic E-state index is 10.4. The number of rotatable bonds is 3. The molecule has 0 unspecified atom stereocenters. The number of aliphatic carboxylic acids is 1. The predicted octanol–water partition coefficient (Wildman–Crippen LogP) is 2.29. The van der Waals surface area contributed by atoms with Crippen molar-refractivity contribution in [1.82, 2.24) is 0 Å². The first-order valence-corrected chi connectivity index (χ1v) is 4.02. The van der Waals surface area contributed by atoms with Gasteiger partial charge in [0.05, 0.1) is 6.42 Å². The Kier molecular flexibility index (Phi) is 2.86. The first-order chi connectivity index (χ1) is 5.74. The molecule has 12 heavy (non-hydrogen) atoms. The van der Waals surface area contributed by atoms with Crippen LogP contribution >= 0.6 is 0 Å². The molecule has 2 heteroatoms.